The fraction of sp³-hybridized carbons (Fsp3) is 0.559. The predicted molar refractivity (Wildman–Crippen MR) is 170 cm³/mol. The number of carbonyl (C=O) groups excluding carboxylic acids is 1. The molecule has 43 heavy (non-hydrogen) atoms. The number of carbonyl (C=O) groups is 1. The van der Waals surface area contributed by atoms with Crippen molar-refractivity contribution in [2.24, 2.45) is 17.8 Å². The summed E-state index contributed by atoms with van der Waals surface area (Å²) in [6.45, 7) is 5.77. The van der Waals surface area contributed by atoms with Crippen molar-refractivity contribution in [1.82, 2.24) is 4.72 Å². The molecule has 1 saturated carbocycles. The lowest BCUT2D eigenvalue weighted by molar-refractivity contribution is 0.0455. The molecule has 0 unspecified atom stereocenters. The topological polar surface area (TPSA) is 95.9 Å². The highest BCUT2D eigenvalue weighted by molar-refractivity contribution is 7.90. The van der Waals surface area contributed by atoms with Crippen LogP contribution in [0.5, 0.6) is 5.75 Å². The van der Waals surface area contributed by atoms with Gasteiger partial charge in [0, 0.05) is 29.1 Å². The lowest BCUT2D eigenvalue weighted by Gasteiger charge is -2.45. The second-order valence-electron chi connectivity index (χ2n) is 13.2. The third-order valence-electron chi connectivity index (χ3n) is 10.4. The predicted octanol–water partition coefficient (Wildman–Crippen LogP) is 6.02. The number of sulfonamides is 1. The van der Waals surface area contributed by atoms with Crippen molar-refractivity contribution in [2.75, 3.05) is 24.6 Å². The molecule has 0 radical (unpaired) electrons. The van der Waals surface area contributed by atoms with Gasteiger partial charge in [0.2, 0.25) is 10.0 Å². The number of rotatable bonds is 2. The van der Waals surface area contributed by atoms with Crippen LogP contribution in [0.25, 0.3) is 0 Å². The van der Waals surface area contributed by atoms with Gasteiger partial charge >= 0.3 is 0 Å². The molecule has 2 aromatic rings. The lowest BCUT2D eigenvalue weighted by atomic mass is 9.68. The van der Waals surface area contributed by atoms with Crippen molar-refractivity contribution in [1.29, 1.82) is 0 Å². The fourth-order valence-corrected chi connectivity index (χ4v) is 9.82. The molecular formula is C34H43ClN2O5S. The summed E-state index contributed by atoms with van der Waals surface area (Å²) in [7, 11) is -3.93. The molecular weight excluding hydrogens is 584 g/mol. The Morgan fingerprint density at radius 1 is 1.19 bits per heavy atom. The average molecular weight is 627 g/mol. The summed E-state index contributed by atoms with van der Waals surface area (Å²) in [4.78, 5) is 15.8. The lowest BCUT2D eigenvalue weighted by Crippen LogP contribution is -2.49. The van der Waals surface area contributed by atoms with Crippen molar-refractivity contribution in [3.8, 4) is 5.75 Å². The summed E-state index contributed by atoms with van der Waals surface area (Å²) in [5, 5.41) is 11.2. The summed E-state index contributed by atoms with van der Waals surface area (Å²) in [5.41, 5.74) is 3.35. The maximum Gasteiger partial charge on any atom is 0.264 e. The van der Waals surface area contributed by atoms with Crippen LogP contribution in [0.3, 0.4) is 0 Å². The highest BCUT2D eigenvalue weighted by atomic mass is 35.5. The minimum absolute atomic E-state index is 0.127. The van der Waals surface area contributed by atoms with Crippen LogP contribution in [-0.4, -0.2) is 50.5 Å². The van der Waals surface area contributed by atoms with Crippen LogP contribution < -0.4 is 14.4 Å². The quantitative estimate of drug-likeness (QED) is 0.396. The molecule has 232 valence electrons. The van der Waals surface area contributed by atoms with E-state index in [9.17, 15) is 18.3 Å². The van der Waals surface area contributed by atoms with Crippen LogP contribution >= 0.6 is 11.6 Å². The Morgan fingerprint density at radius 3 is 2.79 bits per heavy atom. The number of nitrogens with one attached hydrogen (secondary N) is 1. The third kappa shape index (κ3) is 5.95. The number of benzene rings is 2. The minimum Gasteiger partial charge on any atom is -0.490 e. The van der Waals surface area contributed by atoms with Crippen molar-refractivity contribution in [3.63, 3.8) is 0 Å². The van der Waals surface area contributed by atoms with Gasteiger partial charge in [0.1, 0.15) is 5.75 Å². The summed E-state index contributed by atoms with van der Waals surface area (Å²) in [6.07, 6.45) is 9.79. The van der Waals surface area contributed by atoms with Crippen molar-refractivity contribution in [2.45, 2.75) is 82.0 Å². The number of hydrogen-bond acceptors (Lipinski definition) is 6. The number of aryl methyl sites for hydroxylation is 1. The van der Waals surface area contributed by atoms with E-state index in [1.54, 1.807) is 18.2 Å². The number of allylic oxidation sites excluding steroid dienone is 1. The molecule has 2 N–H and O–H groups in total. The van der Waals surface area contributed by atoms with E-state index in [0.29, 0.717) is 43.7 Å². The van der Waals surface area contributed by atoms with Crippen LogP contribution in [0.1, 0.15) is 80.3 Å². The van der Waals surface area contributed by atoms with Gasteiger partial charge in [-0.2, -0.15) is 0 Å². The van der Waals surface area contributed by atoms with Gasteiger partial charge in [-0.25, -0.2) is 13.1 Å². The Bertz CT molecular complexity index is 1510. The zero-order chi connectivity index (χ0) is 30.4. The zero-order valence-electron chi connectivity index (χ0n) is 25.1. The monoisotopic (exact) mass is 626 g/mol. The van der Waals surface area contributed by atoms with Crippen molar-refractivity contribution < 1.29 is 23.1 Å². The second kappa shape index (κ2) is 12.1. The molecule has 7 nitrogen and oxygen atoms in total. The van der Waals surface area contributed by atoms with Gasteiger partial charge in [-0.3, -0.25) is 4.79 Å². The largest absolute Gasteiger partial charge is 0.490 e. The van der Waals surface area contributed by atoms with E-state index in [-0.39, 0.29) is 23.2 Å². The first-order valence-corrected chi connectivity index (χ1v) is 17.7. The second-order valence-corrected chi connectivity index (χ2v) is 15.6. The molecule has 1 amide bonds. The Labute approximate surface area is 260 Å². The molecule has 2 heterocycles. The number of fused-ring (bicyclic) bond motifs is 4. The smallest absolute Gasteiger partial charge is 0.264 e. The number of aliphatic hydroxyl groups is 1. The Morgan fingerprint density at radius 2 is 2.02 bits per heavy atom. The number of amides is 1. The first kappa shape index (κ1) is 30.5. The molecule has 4 aliphatic rings. The number of ether oxygens (including phenoxy) is 1. The normalized spacial score (nSPS) is 32.8. The number of anilines is 1. The maximum atomic E-state index is 13.5. The zero-order valence-corrected chi connectivity index (χ0v) is 26.7. The van der Waals surface area contributed by atoms with Crippen LogP contribution in [-0.2, 0) is 21.9 Å². The number of halogens is 1. The van der Waals surface area contributed by atoms with E-state index in [4.69, 9.17) is 16.3 Å². The summed E-state index contributed by atoms with van der Waals surface area (Å²) in [6, 6.07) is 11.4. The van der Waals surface area contributed by atoms with Crippen molar-refractivity contribution in [3.05, 3.63) is 70.3 Å². The molecule has 1 fully saturated rings. The summed E-state index contributed by atoms with van der Waals surface area (Å²) < 4.78 is 36.0. The first-order valence-electron chi connectivity index (χ1n) is 15.8. The van der Waals surface area contributed by atoms with Gasteiger partial charge in [0.05, 0.1) is 23.6 Å². The molecule has 2 aliphatic carbocycles. The maximum absolute atomic E-state index is 13.5. The molecule has 2 aromatic carbocycles. The highest BCUT2D eigenvalue weighted by Crippen LogP contribution is 2.46. The summed E-state index contributed by atoms with van der Waals surface area (Å²) in [5.74, 6) is 0.271. The molecule has 6 rings (SSSR count). The Kier molecular flexibility index (Phi) is 8.57. The Balaban J connectivity index is 1.42. The van der Waals surface area contributed by atoms with Crippen LogP contribution in [0.2, 0.25) is 5.02 Å². The first-order chi connectivity index (χ1) is 20.6. The van der Waals surface area contributed by atoms with Gasteiger partial charge in [-0.15, -0.1) is 0 Å². The SMILES string of the molecule is CCC[C@H]1[C@H](C)C/C=C\[C@@H](O)[C@@H]2CC[C@H]2CN2C[C@@]3(CCCc4cc(Cl)ccc43)COc3ccc(cc32)C(=O)NS1(=O)=O. The summed E-state index contributed by atoms with van der Waals surface area (Å²) >= 11 is 6.39. The number of aliphatic hydroxyl groups excluding tert-OH is 1. The highest BCUT2D eigenvalue weighted by Gasteiger charge is 2.44. The molecule has 1 spiro atoms. The van der Waals surface area contributed by atoms with Gasteiger partial charge in [-0.05, 0) is 104 Å². The Hall–Kier alpha value is -2.55. The fourth-order valence-electron chi connectivity index (χ4n) is 7.83. The molecule has 0 saturated heterocycles. The van der Waals surface area contributed by atoms with E-state index >= 15 is 0 Å². The van der Waals surface area contributed by atoms with Crippen LogP contribution in [0, 0.1) is 17.8 Å². The number of hydrogen-bond donors (Lipinski definition) is 2. The van der Waals surface area contributed by atoms with E-state index < -0.39 is 27.3 Å². The van der Waals surface area contributed by atoms with E-state index in [1.165, 1.54) is 11.1 Å². The molecule has 6 atom stereocenters. The van der Waals surface area contributed by atoms with Crippen molar-refractivity contribution >= 4 is 33.2 Å². The minimum atomic E-state index is -3.93. The van der Waals surface area contributed by atoms with Gasteiger partial charge < -0.3 is 14.7 Å². The van der Waals surface area contributed by atoms with Crippen LogP contribution in [0.15, 0.2) is 48.6 Å². The van der Waals surface area contributed by atoms with Gasteiger partial charge in [0.15, 0.2) is 0 Å². The third-order valence-corrected chi connectivity index (χ3v) is 12.6. The van der Waals surface area contributed by atoms with E-state index in [1.807, 2.05) is 32.1 Å². The van der Waals surface area contributed by atoms with Gasteiger partial charge in [0.25, 0.3) is 5.91 Å². The standard InChI is InChI=1S/C34H43ClN2O5S/c1-3-6-32-22(2)7-4-9-30(38)27-13-10-25(27)19-37-20-34(16-5-8-23-17-26(35)12-14-28(23)34)21-42-31-15-11-24(18-29(31)37)33(39)36-43(32,40)41/h4,9,11-12,14-15,17-18,22,25,27,30,32,38H,3,5-8,10,13,16,19-21H2,1-2H3,(H,36,39)/b9-4-/t22-,25+,27-,30-,32+,34+/m1/s1. The van der Waals surface area contributed by atoms with E-state index in [0.717, 1.165) is 49.4 Å². The molecule has 9 heteroatoms. The van der Waals surface area contributed by atoms with Gasteiger partial charge in [-0.1, -0.05) is 50.1 Å². The van der Waals surface area contributed by atoms with Crippen LogP contribution in [0.4, 0.5) is 5.69 Å². The number of nitrogens with zero attached hydrogens (tertiary/aromatic N) is 1. The molecule has 0 aromatic heterocycles. The van der Waals surface area contributed by atoms with E-state index in [2.05, 4.69) is 21.8 Å². The molecule has 2 aliphatic heterocycles. The molecule has 2 bridgehead atoms. The average Bonchev–Trinajstić information content (AvgIpc) is 3.10.